The number of nitrogens with zero attached hydrogens (tertiary/aromatic N) is 3. The van der Waals surface area contributed by atoms with Gasteiger partial charge in [0.05, 0.1) is 18.1 Å². The van der Waals surface area contributed by atoms with Gasteiger partial charge in [-0.1, -0.05) is 29.5 Å². The quantitative estimate of drug-likeness (QED) is 0.581. The molecule has 8 heteroatoms. The summed E-state index contributed by atoms with van der Waals surface area (Å²) in [7, 11) is 1.58. The number of carbonyl (C=O) groups is 1. The molecule has 2 aromatic carbocycles. The van der Waals surface area contributed by atoms with Crippen molar-refractivity contribution in [1.29, 1.82) is 0 Å². The van der Waals surface area contributed by atoms with Crippen molar-refractivity contribution in [1.82, 2.24) is 25.1 Å². The van der Waals surface area contributed by atoms with E-state index >= 15 is 0 Å². The number of aromatic amines is 1. The highest BCUT2D eigenvalue weighted by Gasteiger charge is 2.19. The van der Waals surface area contributed by atoms with Crippen molar-refractivity contribution in [2.75, 3.05) is 7.11 Å². The third-order valence-electron chi connectivity index (χ3n) is 4.07. The summed E-state index contributed by atoms with van der Waals surface area (Å²) in [5.74, 6) is 0.234. The summed E-state index contributed by atoms with van der Waals surface area (Å²) in [6.45, 7) is 0.278. The number of amides is 1. The second-order valence-corrected chi connectivity index (χ2v) is 5.70. The third-order valence-corrected chi connectivity index (χ3v) is 4.07. The van der Waals surface area contributed by atoms with Crippen LogP contribution in [0.15, 0.2) is 53.3 Å². The highest BCUT2D eigenvalue weighted by molar-refractivity contribution is 5.99. The molecule has 1 amide bonds. The number of carbonyl (C=O) groups excluding carboxylic acids is 1. The molecule has 0 spiro atoms. The monoisotopic (exact) mass is 349 g/mol. The lowest BCUT2D eigenvalue weighted by atomic mass is 10.2. The van der Waals surface area contributed by atoms with Gasteiger partial charge in [-0.3, -0.25) is 9.59 Å². The Kier molecular flexibility index (Phi) is 3.85. The topological polar surface area (TPSA) is 101 Å². The fourth-order valence-electron chi connectivity index (χ4n) is 2.80. The second-order valence-electron chi connectivity index (χ2n) is 5.70. The zero-order valence-electron chi connectivity index (χ0n) is 13.9. The molecular formula is C18H15N5O3. The molecule has 0 unspecified atom stereocenters. The van der Waals surface area contributed by atoms with E-state index in [-0.39, 0.29) is 17.8 Å². The lowest BCUT2D eigenvalue weighted by molar-refractivity contribution is 0.0947. The van der Waals surface area contributed by atoms with Crippen LogP contribution in [0.1, 0.15) is 16.1 Å². The molecule has 8 nitrogen and oxygen atoms in total. The van der Waals surface area contributed by atoms with E-state index in [1.807, 2.05) is 36.4 Å². The van der Waals surface area contributed by atoms with Gasteiger partial charge in [-0.2, -0.15) is 0 Å². The van der Waals surface area contributed by atoms with Crippen molar-refractivity contribution < 1.29 is 9.53 Å². The molecule has 0 saturated carbocycles. The van der Waals surface area contributed by atoms with E-state index < -0.39 is 11.5 Å². The predicted molar refractivity (Wildman–Crippen MR) is 95.3 cm³/mol. The van der Waals surface area contributed by atoms with Gasteiger partial charge in [0.2, 0.25) is 0 Å². The molecule has 0 fully saturated rings. The number of hydrogen-bond donors (Lipinski definition) is 2. The molecule has 0 saturated heterocycles. The Morgan fingerprint density at radius 3 is 2.92 bits per heavy atom. The predicted octanol–water partition coefficient (Wildman–Crippen LogP) is 1.51. The minimum atomic E-state index is -0.469. The van der Waals surface area contributed by atoms with E-state index in [9.17, 15) is 9.59 Å². The van der Waals surface area contributed by atoms with Gasteiger partial charge in [0.1, 0.15) is 5.75 Å². The Morgan fingerprint density at radius 2 is 2.08 bits per heavy atom. The molecule has 130 valence electrons. The summed E-state index contributed by atoms with van der Waals surface area (Å²) >= 11 is 0. The summed E-state index contributed by atoms with van der Waals surface area (Å²) in [6, 6.07) is 14.5. The minimum Gasteiger partial charge on any atom is -0.497 e. The smallest absolute Gasteiger partial charge is 0.277 e. The van der Waals surface area contributed by atoms with Gasteiger partial charge in [-0.25, -0.2) is 4.52 Å². The Hall–Kier alpha value is -3.68. The maximum Gasteiger partial charge on any atom is 0.277 e. The second kappa shape index (κ2) is 6.32. The average Bonchev–Trinajstić information content (AvgIpc) is 3.12. The Labute approximate surface area is 147 Å². The normalized spacial score (nSPS) is 11.0. The zero-order chi connectivity index (χ0) is 18.1. The number of ether oxygens (including phenoxy) is 1. The van der Waals surface area contributed by atoms with Crippen molar-refractivity contribution in [3.8, 4) is 5.75 Å². The van der Waals surface area contributed by atoms with E-state index in [4.69, 9.17) is 4.74 Å². The van der Waals surface area contributed by atoms with Crippen molar-refractivity contribution in [2.45, 2.75) is 6.54 Å². The summed E-state index contributed by atoms with van der Waals surface area (Å²) in [5.41, 5.74) is 1.85. The van der Waals surface area contributed by atoms with Crippen LogP contribution in [-0.4, -0.2) is 32.8 Å². The van der Waals surface area contributed by atoms with Crippen LogP contribution in [0, 0.1) is 0 Å². The van der Waals surface area contributed by atoms with Gasteiger partial charge in [0.15, 0.2) is 11.2 Å². The molecule has 0 bridgehead atoms. The molecule has 26 heavy (non-hydrogen) atoms. The first-order valence-electron chi connectivity index (χ1n) is 7.95. The molecule has 2 N–H and O–H groups in total. The van der Waals surface area contributed by atoms with Crippen LogP contribution in [0.25, 0.3) is 16.6 Å². The van der Waals surface area contributed by atoms with Gasteiger partial charge in [0.25, 0.3) is 11.5 Å². The fraction of sp³-hybridized carbons (Fsp3) is 0.111. The van der Waals surface area contributed by atoms with E-state index in [2.05, 4.69) is 20.6 Å². The molecule has 0 aliphatic rings. The van der Waals surface area contributed by atoms with Crippen LogP contribution in [-0.2, 0) is 6.54 Å². The van der Waals surface area contributed by atoms with Crippen molar-refractivity contribution in [3.05, 3.63) is 70.1 Å². The Balaban J connectivity index is 1.67. The number of methoxy groups -OCH3 is 1. The third kappa shape index (κ3) is 2.67. The van der Waals surface area contributed by atoms with Crippen LogP contribution < -0.4 is 15.6 Å². The first-order chi connectivity index (χ1) is 12.7. The highest BCUT2D eigenvalue weighted by Crippen LogP contribution is 2.14. The number of fused-ring (bicyclic) bond motifs is 3. The van der Waals surface area contributed by atoms with Gasteiger partial charge < -0.3 is 15.0 Å². The van der Waals surface area contributed by atoms with E-state index in [0.717, 1.165) is 5.56 Å². The van der Waals surface area contributed by atoms with Gasteiger partial charge in [-0.15, -0.1) is 5.10 Å². The number of hydrogen-bond acceptors (Lipinski definition) is 5. The van der Waals surface area contributed by atoms with Crippen LogP contribution >= 0.6 is 0 Å². The summed E-state index contributed by atoms with van der Waals surface area (Å²) in [6.07, 6.45) is 0. The van der Waals surface area contributed by atoms with Crippen LogP contribution in [0.5, 0.6) is 5.75 Å². The van der Waals surface area contributed by atoms with Crippen molar-refractivity contribution in [2.24, 2.45) is 0 Å². The zero-order valence-corrected chi connectivity index (χ0v) is 13.9. The molecule has 0 radical (unpaired) electrons. The number of benzene rings is 2. The SMILES string of the molecule is COc1cccc(CNC(=O)c2nnn3c2c(=O)[nH]c2ccccc23)c1. The molecule has 0 aliphatic heterocycles. The van der Waals surface area contributed by atoms with Gasteiger partial charge >= 0.3 is 0 Å². The number of para-hydroxylation sites is 2. The lowest BCUT2D eigenvalue weighted by Crippen LogP contribution is -2.25. The molecule has 2 heterocycles. The van der Waals surface area contributed by atoms with Crippen LogP contribution in [0.2, 0.25) is 0 Å². The number of nitrogens with one attached hydrogen (secondary N) is 2. The molecule has 0 atom stereocenters. The molecule has 0 aliphatic carbocycles. The lowest BCUT2D eigenvalue weighted by Gasteiger charge is -2.06. The molecule has 4 rings (SSSR count). The number of rotatable bonds is 4. The fourth-order valence-corrected chi connectivity index (χ4v) is 2.80. The average molecular weight is 349 g/mol. The summed E-state index contributed by atoms with van der Waals surface area (Å²) in [5, 5.41) is 10.6. The summed E-state index contributed by atoms with van der Waals surface area (Å²) in [4.78, 5) is 27.7. The van der Waals surface area contributed by atoms with E-state index in [1.165, 1.54) is 4.52 Å². The minimum absolute atomic E-state index is 0.0140. The van der Waals surface area contributed by atoms with Gasteiger partial charge in [0, 0.05) is 6.54 Å². The first kappa shape index (κ1) is 15.8. The first-order valence-corrected chi connectivity index (χ1v) is 7.95. The van der Waals surface area contributed by atoms with E-state index in [1.54, 1.807) is 19.2 Å². The largest absolute Gasteiger partial charge is 0.497 e. The van der Waals surface area contributed by atoms with E-state index in [0.29, 0.717) is 16.8 Å². The highest BCUT2D eigenvalue weighted by atomic mass is 16.5. The Morgan fingerprint density at radius 1 is 1.23 bits per heavy atom. The number of H-pyrrole nitrogens is 1. The Bertz CT molecular complexity index is 1180. The van der Waals surface area contributed by atoms with Gasteiger partial charge in [-0.05, 0) is 29.8 Å². The molecule has 2 aromatic heterocycles. The summed E-state index contributed by atoms with van der Waals surface area (Å²) < 4.78 is 6.55. The molecular weight excluding hydrogens is 334 g/mol. The van der Waals surface area contributed by atoms with Crippen molar-refractivity contribution >= 4 is 22.5 Å². The van der Waals surface area contributed by atoms with Crippen LogP contribution in [0.4, 0.5) is 0 Å². The number of aromatic nitrogens is 4. The molecule has 4 aromatic rings. The standard InChI is InChI=1S/C18H15N5O3/c1-26-12-6-4-5-11(9-12)10-19-17(24)15-16-18(25)20-13-7-2-3-8-14(13)23(16)22-21-15/h2-9H,10H2,1H3,(H,19,24)(H,20,25). The van der Waals surface area contributed by atoms with Crippen molar-refractivity contribution in [3.63, 3.8) is 0 Å². The maximum absolute atomic E-state index is 12.5. The van der Waals surface area contributed by atoms with Crippen LogP contribution in [0.3, 0.4) is 0 Å². The maximum atomic E-state index is 12.5.